The fourth-order valence-electron chi connectivity index (χ4n) is 3.24. The molecule has 2 saturated heterocycles. The van der Waals surface area contributed by atoms with Gasteiger partial charge in [0, 0.05) is 19.6 Å². The summed E-state index contributed by atoms with van der Waals surface area (Å²) in [6.45, 7) is 4.57. The van der Waals surface area contributed by atoms with Gasteiger partial charge in [0.05, 0.1) is 5.69 Å². The lowest BCUT2D eigenvalue weighted by Gasteiger charge is -2.52. The van der Waals surface area contributed by atoms with Crippen LogP contribution in [0.2, 0.25) is 0 Å². The maximum absolute atomic E-state index is 12.6. The molecule has 3 rings (SSSR count). The highest BCUT2D eigenvalue weighted by atomic mass is 35.5. The molecule has 118 valence electrons. The maximum Gasteiger partial charge on any atom is 0.433 e. The van der Waals surface area contributed by atoms with Crippen LogP contribution < -0.4 is 5.32 Å². The average molecular weight is 322 g/mol. The highest BCUT2D eigenvalue weighted by Crippen LogP contribution is 2.39. The molecule has 7 heteroatoms. The Morgan fingerprint density at radius 1 is 1.19 bits per heavy atom. The number of hydrogen-bond acceptors (Lipinski definition) is 3. The van der Waals surface area contributed by atoms with Crippen molar-refractivity contribution < 1.29 is 13.2 Å². The monoisotopic (exact) mass is 321 g/mol. The van der Waals surface area contributed by atoms with Crippen LogP contribution in [0.3, 0.4) is 0 Å². The van der Waals surface area contributed by atoms with Gasteiger partial charge in [0.1, 0.15) is 5.69 Å². The first-order valence-electron chi connectivity index (χ1n) is 6.93. The SMILES string of the molecule is Cl.FC(F)(F)c1cccc(CN2CC3(CCNCC3)C2)n1. The molecule has 0 amide bonds. The number of likely N-dealkylation sites (tertiary alicyclic amines) is 1. The van der Waals surface area contributed by atoms with Gasteiger partial charge < -0.3 is 5.32 Å². The highest BCUT2D eigenvalue weighted by Gasteiger charge is 2.43. The van der Waals surface area contributed by atoms with Crippen LogP contribution in [-0.4, -0.2) is 36.1 Å². The summed E-state index contributed by atoms with van der Waals surface area (Å²) in [6.07, 6.45) is -2.03. The Labute approximate surface area is 128 Å². The molecule has 3 nitrogen and oxygen atoms in total. The molecule has 1 N–H and O–H groups in total. The van der Waals surface area contributed by atoms with Crippen LogP contribution in [0.1, 0.15) is 24.2 Å². The van der Waals surface area contributed by atoms with E-state index >= 15 is 0 Å². The molecule has 21 heavy (non-hydrogen) atoms. The molecular formula is C14H19ClF3N3. The van der Waals surface area contributed by atoms with Crippen LogP contribution in [0.15, 0.2) is 18.2 Å². The van der Waals surface area contributed by atoms with Gasteiger partial charge in [0.15, 0.2) is 0 Å². The van der Waals surface area contributed by atoms with E-state index in [1.54, 1.807) is 6.07 Å². The van der Waals surface area contributed by atoms with Gasteiger partial charge in [-0.1, -0.05) is 6.07 Å². The Balaban J connectivity index is 0.00000161. The summed E-state index contributed by atoms with van der Waals surface area (Å²) in [7, 11) is 0. The van der Waals surface area contributed by atoms with E-state index in [0.717, 1.165) is 32.2 Å². The third kappa shape index (κ3) is 3.67. The first kappa shape index (κ1) is 16.5. The number of nitrogens with zero attached hydrogens (tertiary/aromatic N) is 2. The van der Waals surface area contributed by atoms with E-state index < -0.39 is 11.9 Å². The van der Waals surface area contributed by atoms with E-state index in [4.69, 9.17) is 0 Å². The number of alkyl halides is 3. The number of aromatic nitrogens is 1. The van der Waals surface area contributed by atoms with Crippen molar-refractivity contribution in [2.45, 2.75) is 25.6 Å². The minimum absolute atomic E-state index is 0. The quantitative estimate of drug-likeness (QED) is 0.908. The maximum atomic E-state index is 12.6. The zero-order valence-corrected chi connectivity index (χ0v) is 12.4. The Morgan fingerprint density at radius 3 is 2.48 bits per heavy atom. The lowest BCUT2D eigenvalue weighted by Crippen LogP contribution is -2.59. The minimum Gasteiger partial charge on any atom is -0.317 e. The summed E-state index contributed by atoms with van der Waals surface area (Å²) in [5, 5.41) is 3.34. The molecule has 1 aromatic rings. The summed E-state index contributed by atoms with van der Waals surface area (Å²) in [5.74, 6) is 0. The van der Waals surface area contributed by atoms with Crippen LogP contribution in [0.4, 0.5) is 13.2 Å². The molecule has 2 aliphatic rings. The van der Waals surface area contributed by atoms with Gasteiger partial charge in [0.25, 0.3) is 0 Å². The zero-order valence-electron chi connectivity index (χ0n) is 11.6. The molecule has 0 radical (unpaired) electrons. The van der Waals surface area contributed by atoms with Gasteiger partial charge in [-0.25, -0.2) is 4.98 Å². The molecule has 0 aliphatic carbocycles. The average Bonchev–Trinajstić information content (AvgIpc) is 2.37. The third-order valence-electron chi connectivity index (χ3n) is 4.27. The van der Waals surface area contributed by atoms with E-state index in [1.165, 1.54) is 18.9 Å². The van der Waals surface area contributed by atoms with Gasteiger partial charge in [-0.3, -0.25) is 4.90 Å². The highest BCUT2D eigenvalue weighted by molar-refractivity contribution is 5.85. The summed E-state index contributed by atoms with van der Waals surface area (Å²) in [6, 6.07) is 4.13. The molecule has 0 aromatic carbocycles. The van der Waals surface area contributed by atoms with E-state index in [2.05, 4.69) is 15.2 Å². The molecule has 3 heterocycles. The van der Waals surface area contributed by atoms with E-state index in [9.17, 15) is 13.2 Å². The summed E-state index contributed by atoms with van der Waals surface area (Å²) >= 11 is 0. The first-order chi connectivity index (χ1) is 9.47. The molecule has 0 saturated carbocycles. The second kappa shape index (κ2) is 6.10. The fraction of sp³-hybridized carbons (Fsp3) is 0.643. The topological polar surface area (TPSA) is 28.2 Å². The van der Waals surface area contributed by atoms with E-state index in [1.807, 2.05) is 0 Å². The van der Waals surface area contributed by atoms with E-state index in [0.29, 0.717) is 17.7 Å². The van der Waals surface area contributed by atoms with Crippen molar-refractivity contribution in [1.29, 1.82) is 0 Å². The third-order valence-corrected chi connectivity index (χ3v) is 4.27. The number of hydrogen-bond donors (Lipinski definition) is 1. The molecule has 0 bridgehead atoms. The van der Waals surface area contributed by atoms with Gasteiger partial charge in [-0.15, -0.1) is 12.4 Å². The lowest BCUT2D eigenvalue weighted by atomic mass is 9.72. The Bertz CT molecular complexity index is 479. The number of pyridine rings is 1. The van der Waals surface area contributed by atoms with Crippen LogP contribution in [0.5, 0.6) is 0 Å². The molecule has 2 aliphatic heterocycles. The summed E-state index contributed by atoms with van der Waals surface area (Å²) < 4.78 is 37.8. The van der Waals surface area contributed by atoms with Gasteiger partial charge in [-0.05, 0) is 43.5 Å². The van der Waals surface area contributed by atoms with Crippen molar-refractivity contribution in [1.82, 2.24) is 15.2 Å². The Kier molecular flexibility index (Phi) is 4.80. The molecule has 1 spiro atoms. The number of halogens is 4. The number of rotatable bonds is 2. The Hall–Kier alpha value is -0.850. The molecule has 0 atom stereocenters. The van der Waals surface area contributed by atoms with Crippen molar-refractivity contribution in [3.63, 3.8) is 0 Å². The van der Waals surface area contributed by atoms with Gasteiger partial charge in [-0.2, -0.15) is 13.2 Å². The second-order valence-corrected chi connectivity index (χ2v) is 5.91. The standard InChI is InChI=1S/C14H18F3N3.ClH/c15-14(16,17)12-3-1-2-11(19-12)8-20-9-13(10-20)4-6-18-7-5-13;/h1-3,18H,4-10H2;1H. The molecule has 0 unspecified atom stereocenters. The van der Waals surface area contributed by atoms with Crippen molar-refractivity contribution in [3.05, 3.63) is 29.6 Å². The van der Waals surface area contributed by atoms with E-state index in [-0.39, 0.29) is 12.4 Å². The normalized spacial score (nSPS) is 21.7. The Morgan fingerprint density at radius 2 is 1.86 bits per heavy atom. The second-order valence-electron chi connectivity index (χ2n) is 5.91. The number of nitrogens with one attached hydrogen (secondary N) is 1. The van der Waals surface area contributed by atoms with Gasteiger partial charge >= 0.3 is 6.18 Å². The summed E-state index contributed by atoms with van der Waals surface area (Å²) in [5.41, 5.74) is 0.100. The predicted octanol–water partition coefficient (Wildman–Crippen LogP) is 2.71. The lowest BCUT2D eigenvalue weighted by molar-refractivity contribution is -0.141. The molecule has 1 aromatic heterocycles. The predicted molar refractivity (Wildman–Crippen MR) is 76.3 cm³/mol. The minimum atomic E-state index is -4.36. The largest absolute Gasteiger partial charge is 0.433 e. The van der Waals surface area contributed by atoms with Crippen molar-refractivity contribution in [3.8, 4) is 0 Å². The fourth-order valence-corrected chi connectivity index (χ4v) is 3.24. The summed E-state index contributed by atoms with van der Waals surface area (Å²) in [4.78, 5) is 5.91. The first-order valence-corrected chi connectivity index (χ1v) is 6.93. The van der Waals surface area contributed by atoms with Gasteiger partial charge in [0.2, 0.25) is 0 Å². The zero-order chi connectivity index (χ0) is 14.2. The van der Waals surface area contributed by atoms with Crippen molar-refractivity contribution >= 4 is 12.4 Å². The van der Waals surface area contributed by atoms with Crippen LogP contribution >= 0.6 is 12.4 Å². The molecular weight excluding hydrogens is 303 g/mol. The van der Waals surface area contributed by atoms with Crippen LogP contribution in [-0.2, 0) is 12.7 Å². The van der Waals surface area contributed by atoms with Crippen LogP contribution in [0.25, 0.3) is 0 Å². The number of piperidine rings is 1. The smallest absolute Gasteiger partial charge is 0.317 e. The van der Waals surface area contributed by atoms with Crippen LogP contribution in [0, 0.1) is 5.41 Å². The van der Waals surface area contributed by atoms with Crippen molar-refractivity contribution in [2.75, 3.05) is 26.2 Å². The molecule has 2 fully saturated rings. The van der Waals surface area contributed by atoms with Crippen molar-refractivity contribution in [2.24, 2.45) is 5.41 Å².